The molecule has 0 fully saturated rings. The Hall–Kier alpha value is -5.22. The maximum atomic E-state index is 12.8. The predicted octanol–water partition coefficient (Wildman–Crippen LogP) is 5.09. The largest absolute Gasteiger partial charge is 0.497 e. The van der Waals surface area contributed by atoms with Crippen molar-refractivity contribution in [2.75, 3.05) is 39.9 Å². The highest BCUT2D eigenvalue weighted by Crippen LogP contribution is 2.37. The Morgan fingerprint density at radius 1 is 0.786 bits per heavy atom. The van der Waals surface area contributed by atoms with E-state index in [9.17, 15) is 9.59 Å². The average molecular weight is 568 g/mol. The van der Waals surface area contributed by atoms with Gasteiger partial charge in [-0.05, 0) is 60.2 Å². The molecule has 0 amide bonds. The standard InChI is InChI=1S/C32H29N3O7/c1-38-12-13-41-31-17-27-26(16-30(31)40-3)32(34-19-33-27)35-21-6-11-29(42-18-20-4-8-23(39-2)9-5-20)25(14-21)24-15-22(36)7-10-28(24)37/h4-11,14-17,19H,12-13,18H2,1-3H3,(H,33,34,35). The Morgan fingerprint density at radius 2 is 1.62 bits per heavy atom. The first kappa shape index (κ1) is 28.3. The molecule has 0 spiro atoms. The fraction of sp³-hybridized carbons (Fsp3) is 0.188. The molecule has 214 valence electrons. The minimum atomic E-state index is -0.292. The van der Waals surface area contributed by atoms with E-state index in [-0.39, 0.29) is 23.7 Å². The molecular weight excluding hydrogens is 538 g/mol. The van der Waals surface area contributed by atoms with Gasteiger partial charge in [0, 0.05) is 35.4 Å². The van der Waals surface area contributed by atoms with E-state index in [1.807, 2.05) is 30.3 Å². The summed E-state index contributed by atoms with van der Waals surface area (Å²) in [6, 6.07) is 16.4. The molecule has 1 N–H and O–H groups in total. The second-order valence-electron chi connectivity index (χ2n) is 9.21. The van der Waals surface area contributed by atoms with Crippen molar-refractivity contribution in [2.24, 2.45) is 0 Å². The molecule has 0 radical (unpaired) electrons. The molecule has 0 atom stereocenters. The van der Waals surface area contributed by atoms with Gasteiger partial charge < -0.3 is 29.0 Å². The molecule has 5 rings (SSSR count). The van der Waals surface area contributed by atoms with E-state index in [1.54, 1.807) is 45.6 Å². The van der Waals surface area contributed by atoms with Gasteiger partial charge in [-0.2, -0.15) is 0 Å². The van der Waals surface area contributed by atoms with E-state index >= 15 is 0 Å². The van der Waals surface area contributed by atoms with Crippen molar-refractivity contribution in [1.82, 2.24) is 9.97 Å². The first-order valence-corrected chi connectivity index (χ1v) is 13.1. The van der Waals surface area contributed by atoms with Gasteiger partial charge in [-0.3, -0.25) is 9.59 Å². The van der Waals surface area contributed by atoms with Crippen LogP contribution in [-0.2, 0) is 20.9 Å². The summed E-state index contributed by atoms with van der Waals surface area (Å²) in [6.45, 7) is 1.04. The van der Waals surface area contributed by atoms with Crippen LogP contribution >= 0.6 is 0 Å². The van der Waals surface area contributed by atoms with Gasteiger partial charge >= 0.3 is 0 Å². The van der Waals surface area contributed by atoms with Gasteiger partial charge in [0.15, 0.2) is 23.1 Å². The van der Waals surface area contributed by atoms with Crippen LogP contribution in [0.1, 0.15) is 11.1 Å². The average Bonchev–Trinajstić information content (AvgIpc) is 3.01. The summed E-state index contributed by atoms with van der Waals surface area (Å²) in [4.78, 5) is 33.9. The molecule has 1 aliphatic carbocycles. The van der Waals surface area contributed by atoms with Crippen LogP contribution in [0.5, 0.6) is 23.0 Å². The highest BCUT2D eigenvalue weighted by atomic mass is 16.5. The van der Waals surface area contributed by atoms with Gasteiger partial charge in [0.2, 0.25) is 0 Å². The van der Waals surface area contributed by atoms with Gasteiger partial charge in [0.05, 0.1) is 26.3 Å². The molecule has 10 nitrogen and oxygen atoms in total. The number of carbonyl (C=O) groups excluding carboxylic acids is 2. The van der Waals surface area contributed by atoms with Crippen LogP contribution in [0.3, 0.4) is 0 Å². The summed E-state index contributed by atoms with van der Waals surface area (Å²) in [6.07, 6.45) is 5.28. The van der Waals surface area contributed by atoms with Crippen LogP contribution in [0.15, 0.2) is 79.2 Å². The van der Waals surface area contributed by atoms with E-state index in [2.05, 4.69) is 15.3 Å². The highest BCUT2D eigenvalue weighted by Gasteiger charge is 2.20. The molecule has 4 aromatic rings. The monoisotopic (exact) mass is 567 g/mol. The number of allylic oxidation sites excluding steroid dienone is 4. The van der Waals surface area contributed by atoms with E-state index in [0.717, 1.165) is 11.3 Å². The zero-order valence-electron chi connectivity index (χ0n) is 23.4. The number of ketones is 2. The first-order valence-electron chi connectivity index (χ1n) is 13.1. The van der Waals surface area contributed by atoms with Gasteiger partial charge in [-0.15, -0.1) is 0 Å². The van der Waals surface area contributed by atoms with Crippen LogP contribution in [0.25, 0.3) is 16.5 Å². The third kappa shape index (κ3) is 6.39. The zero-order valence-corrected chi connectivity index (χ0v) is 23.4. The second kappa shape index (κ2) is 13.0. The number of aromatic nitrogens is 2. The maximum absolute atomic E-state index is 12.8. The molecule has 42 heavy (non-hydrogen) atoms. The molecule has 0 saturated carbocycles. The molecule has 1 heterocycles. The number of hydrogen-bond acceptors (Lipinski definition) is 10. The summed E-state index contributed by atoms with van der Waals surface area (Å²) < 4.78 is 27.8. The Balaban J connectivity index is 1.47. The number of rotatable bonds is 12. The van der Waals surface area contributed by atoms with Gasteiger partial charge in [-0.1, -0.05) is 12.1 Å². The smallest absolute Gasteiger partial charge is 0.186 e. The van der Waals surface area contributed by atoms with Crippen molar-refractivity contribution in [3.63, 3.8) is 0 Å². The topological polar surface area (TPSA) is 118 Å². The van der Waals surface area contributed by atoms with Crippen LogP contribution in [-0.4, -0.2) is 56.1 Å². The normalized spacial score (nSPS) is 12.7. The third-order valence-electron chi connectivity index (χ3n) is 6.50. The molecule has 0 aliphatic heterocycles. The number of hydrogen-bond donors (Lipinski definition) is 1. The van der Waals surface area contributed by atoms with Crippen molar-refractivity contribution in [2.45, 2.75) is 6.61 Å². The number of carbonyl (C=O) groups is 2. The molecule has 0 bridgehead atoms. The first-order chi connectivity index (χ1) is 20.5. The second-order valence-corrected chi connectivity index (χ2v) is 9.21. The van der Waals surface area contributed by atoms with Crippen molar-refractivity contribution in [3.05, 3.63) is 90.3 Å². The Labute approximate surface area is 242 Å². The predicted molar refractivity (Wildman–Crippen MR) is 158 cm³/mol. The van der Waals surface area contributed by atoms with E-state index in [4.69, 9.17) is 23.7 Å². The minimum Gasteiger partial charge on any atom is -0.497 e. The van der Waals surface area contributed by atoms with Crippen molar-refractivity contribution >= 4 is 39.5 Å². The SMILES string of the molecule is COCCOc1cc2ncnc(Nc3ccc(OCc4ccc(OC)cc4)c(C4=CC(=O)C=CC4=O)c3)c2cc1OC. The molecule has 0 unspecified atom stereocenters. The summed E-state index contributed by atoms with van der Waals surface area (Å²) in [7, 11) is 4.77. The van der Waals surface area contributed by atoms with Crippen LogP contribution < -0.4 is 24.3 Å². The van der Waals surface area contributed by atoms with Crippen LogP contribution in [0.2, 0.25) is 0 Å². The number of ether oxygens (including phenoxy) is 5. The van der Waals surface area contributed by atoms with Gasteiger partial charge in [0.25, 0.3) is 0 Å². The number of nitrogens with one attached hydrogen (secondary N) is 1. The van der Waals surface area contributed by atoms with Gasteiger partial charge in [-0.25, -0.2) is 9.97 Å². The lowest BCUT2D eigenvalue weighted by Crippen LogP contribution is -2.09. The molecule has 0 saturated heterocycles. The lowest BCUT2D eigenvalue weighted by Gasteiger charge is -2.17. The number of anilines is 2. The van der Waals surface area contributed by atoms with Crippen molar-refractivity contribution < 1.29 is 33.3 Å². The lowest BCUT2D eigenvalue weighted by molar-refractivity contribution is -0.113. The summed E-state index contributed by atoms with van der Waals surface area (Å²) >= 11 is 0. The molecule has 1 aromatic heterocycles. The number of benzene rings is 3. The maximum Gasteiger partial charge on any atom is 0.186 e. The van der Waals surface area contributed by atoms with Crippen LogP contribution in [0.4, 0.5) is 11.5 Å². The Kier molecular flexibility index (Phi) is 8.74. The van der Waals surface area contributed by atoms with Crippen LogP contribution in [0, 0.1) is 0 Å². The summed E-state index contributed by atoms with van der Waals surface area (Å²) in [5.74, 6) is 2.18. The molecular formula is C32H29N3O7. The number of fused-ring (bicyclic) bond motifs is 1. The molecule has 1 aliphatic rings. The number of nitrogens with zero attached hydrogens (tertiary/aromatic N) is 2. The van der Waals surface area contributed by atoms with E-state index in [0.29, 0.717) is 58.4 Å². The Bertz CT molecular complexity index is 1680. The Morgan fingerprint density at radius 3 is 2.38 bits per heavy atom. The molecule has 10 heteroatoms. The third-order valence-corrected chi connectivity index (χ3v) is 6.50. The highest BCUT2D eigenvalue weighted by molar-refractivity contribution is 6.34. The zero-order chi connectivity index (χ0) is 29.5. The summed E-state index contributed by atoms with van der Waals surface area (Å²) in [5.41, 5.74) is 2.89. The molecule has 3 aromatic carbocycles. The minimum absolute atomic E-state index is 0.239. The van der Waals surface area contributed by atoms with E-state index < -0.39 is 0 Å². The fourth-order valence-electron chi connectivity index (χ4n) is 4.35. The number of methoxy groups -OCH3 is 3. The van der Waals surface area contributed by atoms with Crippen molar-refractivity contribution in [1.29, 1.82) is 0 Å². The lowest BCUT2D eigenvalue weighted by atomic mass is 9.95. The van der Waals surface area contributed by atoms with Crippen molar-refractivity contribution in [3.8, 4) is 23.0 Å². The fourth-order valence-corrected chi connectivity index (χ4v) is 4.35. The van der Waals surface area contributed by atoms with Gasteiger partial charge in [0.1, 0.15) is 36.9 Å². The van der Waals surface area contributed by atoms with E-state index in [1.165, 1.54) is 24.6 Å². The quantitative estimate of drug-likeness (QED) is 0.183. The summed E-state index contributed by atoms with van der Waals surface area (Å²) in [5, 5.41) is 4.01.